The van der Waals surface area contributed by atoms with Crippen LogP contribution in [0, 0.1) is 5.92 Å². The molecule has 0 amide bonds. The Kier molecular flexibility index (Phi) is 2.04. The molecule has 0 aromatic heterocycles. The van der Waals surface area contributed by atoms with Crippen molar-refractivity contribution in [1.82, 2.24) is 4.90 Å². The van der Waals surface area contributed by atoms with Gasteiger partial charge in [-0.05, 0) is 42.7 Å². The molecule has 0 fully saturated rings. The highest BCUT2D eigenvalue weighted by Crippen LogP contribution is 2.43. The molecule has 0 aromatic carbocycles. The van der Waals surface area contributed by atoms with Crippen LogP contribution in [-0.2, 0) is 9.53 Å². The van der Waals surface area contributed by atoms with Crippen molar-refractivity contribution in [2.24, 2.45) is 5.92 Å². The monoisotopic (exact) mass is 241 g/mol. The van der Waals surface area contributed by atoms with Gasteiger partial charge < -0.3 is 9.64 Å². The number of hydrogen-bond acceptors (Lipinski definition) is 3. The van der Waals surface area contributed by atoms with Gasteiger partial charge in [-0.15, -0.1) is 0 Å². The predicted molar refractivity (Wildman–Crippen MR) is 67.3 cm³/mol. The lowest BCUT2D eigenvalue weighted by Crippen LogP contribution is -2.42. The first-order chi connectivity index (χ1) is 8.83. The van der Waals surface area contributed by atoms with E-state index < -0.39 is 0 Å². The third kappa shape index (κ3) is 1.33. The van der Waals surface area contributed by atoms with Crippen molar-refractivity contribution in [2.45, 2.75) is 25.4 Å². The van der Waals surface area contributed by atoms with Gasteiger partial charge in [0.2, 0.25) is 0 Å². The van der Waals surface area contributed by atoms with Gasteiger partial charge in [-0.25, -0.2) is 4.79 Å². The Morgan fingerprint density at radius 3 is 3.22 bits per heavy atom. The van der Waals surface area contributed by atoms with Gasteiger partial charge in [0.05, 0.1) is 0 Å². The first-order valence-electron chi connectivity index (χ1n) is 6.59. The lowest BCUT2D eigenvalue weighted by atomic mass is 9.77. The largest absolute Gasteiger partial charge is 0.454 e. The van der Waals surface area contributed by atoms with Gasteiger partial charge >= 0.3 is 5.97 Å². The maximum Gasteiger partial charge on any atom is 0.331 e. The van der Waals surface area contributed by atoms with Crippen LogP contribution in [0.2, 0.25) is 0 Å². The molecule has 2 atom stereocenters. The van der Waals surface area contributed by atoms with Crippen molar-refractivity contribution in [3.05, 3.63) is 47.3 Å². The summed E-state index contributed by atoms with van der Waals surface area (Å²) in [6.45, 7) is 1.09. The molecule has 1 aliphatic carbocycles. The fraction of sp³-hybridized carbons (Fsp3) is 0.400. The Bertz CT molecular complexity index is 539. The van der Waals surface area contributed by atoms with Crippen LogP contribution in [0.25, 0.3) is 0 Å². The number of allylic oxidation sites excluding steroid dienone is 3. The van der Waals surface area contributed by atoms with E-state index in [-0.39, 0.29) is 12.1 Å². The van der Waals surface area contributed by atoms with Gasteiger partial charge in [0, 0.05) is 24.2 Å². The fourth-order valence-electron chi connectivity index (χ4n) is 3.48. The van der Waals surface area contributed by atoms with E-state index in [0.717, 1.165) is 25.0 Å². The minimum Gasteiger partial charge on any atom is -0.454 e. The fourth-order valence-corrected chi connectivity index (χ4v) is 3.48. The Morgan fingerprint density at radius 2 is 2.28 bits per heavy atom. The lowest BCUT2D eigenvalue weighted by Gasteiger charge is -2.44. The number of nitrogens with zero attached hydrogens (tertiary/aromatic N) is 1. The zero-order valence-corrected chi connectivity index (χ0v) is 10.1. The van der Waals surface area contributed by atoms with E-state index in [4.69, 9.17) is 4.74 Å². The summed E-state index contributed by atoms with van der Waals surface area (Å²) in [5.74, 6) is 0.109. The van der Waals surface area contributed by atoms with E-state index in [0.29, 0.717) is 5.92 Å². The highest BCUT2D eigenvalue weighted by Gasteiger charge is 2.40. The molecule has 3 heteroatoms. The highest BCUT2D eigenvalue weighted by molar-refractivity contribution is 5.84. The molecule has 18 heavy (non-hydrogen) atoms. The molecule has 92 valence electrons. The summed E-state index contributed by atoms with van der Waals surface area (Å²) in [6, 6.07) is 0. The molecule has 0 bridgehead atoms. The molecule has 3 heterocycles. The van der Waals surface area contributed by atoms with Crippen molar-refractivity contribution in [1.29, 1.82) is 0 Å². The summed E-state index contributed by atoms with van der Waals surface area (Å²) in [7, 11) is 0. The summed E-state index contributed by atoms with van der Waals surface area (Å²) < 4.78 is 5.54. The van der Waals surface area contributed by atoms with Crippen molar-refractivity contribution >= 4 is 5.97 Å². The first-order valence-corrected chi connectivity index (χ1v) is 6.59. The van der Waals surface area contributed by atoms with Crippen LogP contribution in [0.4, 0.5) is 0 Å². The molecular weight excluding hydrogens is 226 g/mol. The van der Waals surface area contributed by atoms with E-state index >= 15 is 0 Å². The summed E-state index contributed by atoms with van der Waals surface area (Å²) >= 11 is 0. The molecule has 0 aromatic rings. The van der Waals surface area contributed by atoms with Gasteiger partial charge in [0.25, 0.3) is 0 Å². The average Bonchev–Trinajstić information content (AvgIpc) is 2.40. The van der Waals surface area contributed by atoms with E-state index in [9.17, 15) is 4.79 Å². The maximum atomic E-state index is 11.5. The minimum atomic E-state index is -0.210. The second kappa shape index (κ2) is 3.61. The van der Waals surface area contributed by atoms with Crippen LogP contribution in [0.5, 0.6) is 0 Å². The van der Waals surface area contributed by atoms with Gasteiger partial charge in [0.1, 0.15) is 6.10 Å². The van der Waals surface area contributed by atoms with Crippen molar-refractivity contribution in [3.63, 3.8) is 0 Å². The maximum absolute atomic E-state index is 11.5. The van der Waals surface area contributed by atoms with Crippen LogP contribution in [-0.4, -0.2) is 23.5 Å². The molecule has 4 aliphatic rings. The highest BCUT2D eigenvalue weighted by atomic mass is 16.5. The number of hydrogen-bond donors (Lipinski definition) is 0. The molecular formula is C15H15NO2. The topological polar surface area (TPSA) is 29.5 Å². The number of ether oxygens (including phenoxy) is 1. The summed E-state index contributed by atoms with van der Waals surface area (Å²) in [5, 5.41) is 0. The second-order valence-electron chi connectivity index (χ2n) is 5.27. The summed E-state index contributed by atoms with van der Waals surface area (Å²) in [5.41, 5.74) is 3.99. The minimum absolute atomic E-state index is 0.0770. The standard InChI is InChI=1S/C15H15NO2/c17-13-6-5-11-9-10-3-1-7-16-8-2-4-12(14(10)16)15(11)18-13/h2,5-6,8-9,12,15H,1,3-4,7H2. The van der Waals surface area contributed by atoms with E-state index in [2.05, 4.69) is 23.3 Å². The van der Waals surface area contributed by atoms with E-state index in [1.54, 1.807) is 0 Å². The number of esters is 1. The normalized spacial score (nSPS) is 32.8. The molecule has 0 radical (unpaired) electrons. The number of rotatable bonds is 0. The molecule has 3 aliphatic heterocycles. The number of carbonyl (C=O) groups excluding carboxylic acids is 1. The van der Waals surface area contributed by atoms with Crippen molar-refractivity contribution in [3.8, 4) is 0 Å². The third-order valence-electron chi connectivity index (χ3n) is 4.20. The average molecular weight is 241 g/mol. The van der Waals surface area contributed by atoms with Gasteiger partial charge in [-0.1, -0.05) is 12.2 Å². The summed E-state index contributed by atoms with van der Waals surface area (Å²) in [4.78, 5) is 13.8. The smallest absolute Gasteiger partial charge is 0.331 e. The first kappa shape index (κ1) is 10.2. The number of carbonyl (C=O) groups is 1. The van der Waals surface area contributed by atoms with E-state index in [1.165, 1.54) is 23.8 Å². The molecule has 0 saturated carbocycles. The van der Waals surface area contributed by atoms with Crippen molar-refractivity contribution < 1.29 is 9.53 Å². The summed E-state index contributed by atoms with van der Waals surface area (Å²) in [6.07, 6.45) is 13.3. The Labute approximate surface area is 106 Å². The van der Waals surface area contributed by atoms with Crippen LogP contribution in [0.1, 0.15) is 19.3 Å². The molecule has 2 unspecified atom stereocenters. The number of fused-ring (bicyclic) bond motifs is 2. The Balaban J connectivity index is 1.85. The molecule has 0 saturated heterocycles. The van der Waals surface area contributed by atoms with Crippen LogP contribution in [0.3, 0.4) is 0 Å². The van der Waals surface area contributed by atoms with E-state index in [1.807, 2.05) is 6.08 Å². The van der Waals surface area contributed by atoms with Crippen LogP contribution >= 0.6 is 0 Å². The zero-order valence-electron chi connectivity index (χ0n) is 10.1. The quantitative estimate of drug-likeness (QED) is 0.609. The Hall–Kier alpha value is -1.77. The molecule has 0 N–H and O–H groups in total. The SMILES string of the molecule is O=C1C=CC2=CC3=C4C(CC=CN4CCC3)C2O1. The van der Waals surface area contributed by atoms with Gasteiger partial charge in [-0.2, -0.15) is 0 Å². The van der Waals surface area contributed by atoms with Crippen molar-refractivity contribution in [2.75, 3.05) is 6.54 Å². The molecule has 0 spiro atoms. The molecule has 4 rings (SSSR count). The second-order valence-corrected chi connectivity index (χ2v) is 5.27. The van der Waals surface area contributed by atoms with Crippen LogP contribution in [0.15, 0.2) is 47.3 Å². The van der Waals surface area contributed by atoms with Gasteiger partial charge in [0.15, 0.2) is 0 Å². The third-order valence-corrected chi connectivity index (χ3v) is 4.20. The molecule has 3 nitrogen and oxygen atoms in total. The Morgan fingerprint density at radius 1 is 1.33 bits per heavy atom. The predicted octanol–water partition coefficient (Wildman–Crippen LogP) is 2.29. The van der Waals surface area contributed by atoms with Crippen LogP contribution < -0.4 is 0 Å². The zero-order chi connectivity index (χ0) is 12.1. The lowest BCUT2D eigenvalue weighted by molar-refractivity contribution is -0.144. The van der Waals surface area contributed by atoms with Gasteiger partial charge in [-0.3, -0.25) is 0 Å².